The van der Waals surface area contributed by atoms with E-state index in [0.29, 0.717) is 0 Å². The van der Waals surface area contributed by atoms with Gasteiger partial charge in [0.25, 0.3) is 0 Å². The molecule has 0 aliphatic rings. The Bertz CT molecular complexity index is 976. The number of ketones is 1. The van der Waals surface area contributed by atoms with Gasteiger partial charge in [-0.15, -0.1) is 0 Å². The summed E-state index contributed by atoms with van der Waals surface area (Å²) in [6.45, 7) is 5.72. The van der Waals surface area contributed by atoms with E-state index < -0.39 is 0 Å². The standard InChI is InChI=1S/C11H11NO.C9H9N/c1-7-3-4-11-9(5-7)10(6-12-11)8(2)13;1-7-2-3-9-8(6-7)4-5-10-9/h3-6,12H,1-2H3;2-6,10H,1H3. The molecule has 0 fully saturated rings. The van der Waals surface area contributed by atoms with Gasteiger partial charge in [0.1, 0.15) is 0 Å². The second kappa shape index (κ2) is 6.13. The molecule has 0 radical (unpaired) electrons. The lowest BCUT2D eigenvalue weighted by atomic mass is 10.1. The van der Waals surface area contributed by atoms with Gasteiger partial charge in [-0.2, -0.15) is 0 Å². The molecule has 0 amide bonds. The Morgan fingerprint density at radius 2 is 1.57 bits per heavy atom. The molecule has 2 heterocycles. The summed E-state index contributed by atoms with van der Waals surface area (Å²) < 4.78 is 0. The maximum atomic E-state index is 11.2. The van der Waals surface area contributed by atoms with Crippen LogP contribution in [0, 0.1) is 13.8 Å². The van der Waals surface area contributed by atoms with Crippen molar-refractivity contribution in [1.82, 2.24) is 9.97 Å². The highest BCUT2D eigenvalue weighted by Crippen LogP contribution is 2.19. The van der Waals surface area contributed by atoms with Crippen LogP contribution in [-0.4, -0.2) is 15.8 Å². The third-order valence-corrected chi connectivity index (χ3v) is 3.93. The van der Waals surface area contributed by atoms with Crippen molar-refractivity contribution < 1.29 is 4.79 Å². The highest BCUT2D eigenvalue weighted by Gasteiger charge is 2.06. The highest BCUT2D eigenvalue weighted by atomic mass is 16.1. The van der Waals surface area contributed by atoms with Gasteiger partial charge in [0.2, 0.25) is 0 Å². The van der Waals surface area contributed by atoms with E-state index >= 15 is 0 Å². The fourth-order valence-corrected chi connectivity index (χ4v) is 2.70. The van der Waals surface area contributed by atoms with Crippen LogP contribution >= 0.6 is 0 Å². The number of aromatic nitrogens is 2. The number of carbonyl (C=O) groups is 1. The Morgan fingerprint density at radius 1 is 0.870 bits per heavy atom. The van der Waals surface area contributed by atoms with E-state index in [9.17, 15) is 4.79 Å². The molecule has 0 aliphatic carbocycles. The number of hydrogen-bond donors (Lipinski definition) is 2. The monoisotopic (exact) mass is 304 g/mol. The van der Waals surface area contributed by atoms with E-state index in [0.717, 1.165) is 16.5 Å². The second-order valence-electron chi connectivity index (χ2n) is 5.88. The molecule has 3 heteroatoms. The average molecular weight is 304 g/mol. The zero-order chi connectivity index (χ0) is 16.4. The molecule has 4 rings (SSSR count). The first-order valence-electron chi connectivity index (χ1n) is 7.67. The van der Waals surface area contributed by atoms with Crippen LogP contribution in [0.15, 0.2) is 54.9 Å². The molecule has 0 unspecified atom stereocenters. The van der Waals surface area contributed by atoms with Gasteiger partial charge in [0.05, 0.1) is 0 Å². The molecule has 0 bridgehead atoms. The van der Waals surface area contributed by atoms with Gasteiger partial charge in [-0.25, -0.2) is 0 Å². The van der Waals surface area contributed by atoms with E-state index in [1.807, 2.05) is 31.3 Å². The van der Waals surface area contributed by atoms with Crippen molar-refractivity contribution in [2.24, 2.45) is 0 Å². The summed E-state index contributed by atoms with van der Waals surface area (Å²) in [4.78, 5) is 17.4. The summed E-state index contributed by atoms with van der Waals surface area (Å²) in [6, 6.07) is 14.5. The Labute approximate surface area is 135 Å². The van der Waals surface area contributed by atoms with E-state index in [4.69, 9.17) is 0 Å². The summed E-state index contributed by atoms with van der Waals surface area (Å²) in [7, 11) is 0. The Morgan fingerprint density at radius 3 is 2.30 bits per heavy atom. The number of carbonyl (C=O) groups excluding carboxylic acids is 1. The van der Waals surface area contributed by atoms with Crippen LogP contribution in [-0.2, 0) is 0 Å². The van der Waals surface area contributed by atoms with Crippen molar-refractivity contribution in [3.8, 4) is 0 Å². The van der Waals surface area contributed by atoms with Crippen LogP contribution < -0.4 is 0 Å². The predicted octanol–water partition coefficient (Wildman–Crippen LogP) is 5.16. The molecule has 0 saturated heterocycles. The molecular weight excluding hydrogens is 284 g/mol. The maximum absolute atomic E-state index is 11.2. The van der Waals surface area contributed by atoms with Gasteiger partial charge in [-0.3, -0.25) is 4.79 Å². The van der Waals surface area contributed by atoms with Gasteiger partial charge >= 0.3 is 0 Å². The van der Waals surface area contributed by atoms with Gasteiger partial charge in [-0.05, 0) is 56.5 Å². The topological polar surface area (TPSA) is 48.6 Å². The van der Waals surface area contributed by atoms with Crippen molar-refractivity contribution in [3.63, 3.8) is 0 Å². The molecule has 23 heavy (non-hydrogen) atoms. The number of aromatic amines is 2. The summed E-state index contributed by atoms with van der Waals surface area (Å²) in [5.74, 6) is 0.108. The Hall–Kier alpha value is -2.81. The first kappa shape index (κ1) is 15.1. The highest BCUT2D eigenvalue weighted by molar-refractivity contribution is 6.06. The number of benzene rings is 2. The molecule has 0 saturated carbocycles. The molecule has 0 spiro atoms. The van der Waals surface area contributed by atoms with Crippen LogP contribution in [0.2, 0.25) is 0 Å². The average Bonchev–Trinajstić information content (AvgIpc) is 3.13. The quantitative estimate of drug-likeness (QED) is 0.469. The van der Waals surface area contributed by atoms with E-state index in [1.165, 1.54) is 22.0 Å². The zero-order valence-electron chi connectivity index (χ0n) is 13.6. The van der Waals surface area contributed by atoms with Crippen LogP contribution in [0.25, 0.3) is 21.8 Å². The molecule has 2 aromatic heterocycles. The van der Waals surface area contributed by atoms with Gasteiger partial charge in [-0.1, -0.05) is 23.3 Å². The Kier molecular flexibility index (Phi) is 4.02. The zero-order valence-corrected chi connectivity index (χ0v) is 13.6. The minimum Gasteiger partial charge on any atom is -0.361 e. The van der Waals surface area contributed by atoms with Gasteiger partial charge in [0, 0.05) is 34.4 Å². The number of rotatable bonds is 1. The summed E-state index contributed by atoms with van der Waals surface area (Å²) in [5.41, 5.74) is 5.50. The third kappa shape index (κ3) is 3.19. The molecule has 2 N–H and O–H groups in total. The van der Waals surface area contributed by atoms with Crippen molar-refractivity contribution in [1.29, 1.82) is 0 Å². The molecule has 2 aromatic carbocycles. The number of H-pyrrole nitrogens is 2. The smallest absolute Gasteiger partial charge is 0.161 e. The van der Waals surface area contributed by atoms with Crippen LogP contribution in [0.1, 0.15) is 28.4 Å². The maximum Gasteiger partial charge on any atom is 0.161 e. The van der Waals surface area contributed by atoms with Crippen LogP contribution in [0.4, 0.5) is 0 Å². The van der Waals surface area contributed by atoms with Gasteiger partial charge < -0.3 is 9.97 Å². The minimum absolute atomic E-state index is 0.108. The van der Waals surface area contributed by atoms with Gasteiger partial charge in [0.15, 0.2) is 5.78 Å². The van der Waals surface area contributed by atoms with E-state index in [2.05, 4.69) is 41.2 Å². The number of hydrogen-bond acceptors (Lipinski definition) is 1. The lowest BCUT2D eigenvalue weighted by Gasteiger charge is -1.94. The third-order valence-electron chi connectivity index (χ3n) is 3.93. The summed E-state index contributed by atoms with van der Waals surface area (Å²) >= 11 is 0. The second-order valence-corrected chi connectivity index (χ2v) is 5.88. The van der Waals surface area contributed by atoms with Crippen molar-refractivity contribution >= 4 is 27.6 Å². The molecule has 3 nitrogen and oxygen atoms in total. The largest absolute Gasteiger partial charge is 0.361 e. The lowest BCUT2D eigenvalue weighted by molar-refractivity contribution is 0.101. The first-order chi connectivity index (χ1) is 11.0. The van der Waals surface area contributed by atoms with Crippen LogP contribution in [0.3, 0.4) is 0 Å². The van der Waals surface area contributed by atoms with Crippen molar-refractivity contribution in [2.45, 2.75) is 20.8 Å². The number of fused-ring (bicyclic) bond motifs is 2. The molecule has 116 valence electrons. The normalized spacial score (nSPS) is 10.6. The number of nitrogens with one attached hydrogen (secondary N) is 2. The van der Waals surface area contributed by atoms with Crippen molar-refractivity contribution in [3.05, 3.63) is 71.5 Å². The Balaban J connectivity index is 0.000000140. The van der Waals surface area contributed by atoms with E-state index in [1.54, 1.807) is 13.1 Å². The molecule has 0 aliphatic heterocycles. The molecular formula is C20H20N2O. The SMILES string of the molecule is CC(=O)c1c[nH]c2ccc(C)cc12.Cc1ccc2[nH]ccc2c1. The molecule has 4 aromatic rings. The lowest BCUT2D eigenvalue weighted by Crippen LogP contribution is -1.88. The predicted molar refractivity (Wildman–Crippen MR) is 96.1 cm³/mol. The minimum atomic E-state index is 0.108. The van der Waals surface area contributed by atoms with Crippen LogP contribution in [0.5, 0.6) is 0 Å². The fraction of sp³-hybridized carbons (Fsp3) is 0.150. The number of Topliss-reactive ketones (excluding diaryl/α,β-unsaturated/α-hetero) is 1. The number of aryl methyl sites for hydroxylation is 2. The van der Waals surface area contributed by atoms with E-state index in [-0.39, 0.29) is 5.78 Å². The van der Waals surface area contributed by atoms with Crippen molar-refractivity contribution in [2.75, 3.05) is 0 Å². The summed E-state index contributed by atoms with van der Waals surface area (Å²) in [5, 5.41) is 2.31. The fourth-order valence-electron chi connectivity index (χ4n) is 2.70. The first-order valence-corrected chi connectivity index (χ1v) is 7.67. The molecule has 0 atom stereocenters. The summed E-state index contributed by atoms with van der Waals surface area (Å²) in [6.07, 6.45) is 3.73.